The van der Waals surface area contributed by atoms with Crippen LogP contribution in [0.5, 0.6) is 11.5 Å². The van der Waals surface area contributed by atoms with Crippen LogP contribution in [0, 0.1) is 0 Å². The Morgan fingerprint density at radius 1 is 1.35 bits per heavy atom. The Balaban J connectivity index is 3.12. The highest BCUT2D eigenvalue weighted by Crippen LogP contribution is 2.28. The van der Waals surface area contributed by atoms with Gasteiger partial charge in [-0.15, -0.1) is 0 Å². The van der Waals surface area contributed by atoms with E-state index in [1.54, 1.807) is 18.2 Å². The summed E-state index contributed by atoms with van der Waals surface area (Å²) in [4.78, 5) is 22.0. The van der Waals surface area contributed by atoms with Crippen LogP contribution in [0.1, 0.15) is 19.4 Å². The van der Waals surface area contributed by atoms with E-state index in [1.165, 1.54) is 20.1 Å². The van der Waals surface area contributed by atoms with Gasteiger partial charge in [0, 0.05) is 6.92 Å². The monoisotopic (exact) mass is 279 g/mol. The molecule has 0 unspecified atom stereocenters. The molecule has 1 aromatic carbocycles. The molecular formula is C14H17NO5. The zero-order valence-corrected chi connectivity index (χ0v) is 11.6. The van der Waals surface area contributed by atoms with Gasteiger partial charge in [0.2, 0.25) is 5.91 Å². The summed E-state index contributed by atoms with van der Waals surface area (Å²) < 4.78 is 10.5. The molecule has 0 aliphatic heterocycles. The Bertz CT molecular complexity index is 536. The second kappa shape index (κ2) is 7.18. The van der Waals surface area contributed by atoms with E-state index in [0.717, 1.165) is 0 Å². The maximum Gasteiger partial charge on any atom is 0.352 e. The van der Waals surface area contributed by atoms with Gasteiger partial charge in [-0.1, -0.05) is 6.07 Å². The van der Waals surface area contributed by atoms with Crippen LogP contribution in [0.2, 0.25) is 0 Å². The van der Waals surface area contributed by atoms with Crippen LogP contribution in [0.3, 0.4) is 0 Å². The average molecular weight is 279 g/mol. The number of hydrogen-bond acceptors (Lipinski definition) is 4. The van der Waals surface area contributed by atoms with Crippen molar-refractivity contribution in [2.75, 3.05) is 13.7 Å². The first-order valence-corrected chi connectivity index (χ1v) is 6.01. The number of carbonyl (C=O) groups is 2. The van der Waals surface area contributed by atoms with Crippen LogP contribution >= 0.6 is 0 Å². The van der Waals surface area contributed by atoms with Gasteiger partial charge < -0.3 is 19.9 Å². The summed E-state index contributed by atoms with van der Waals surface area (Å²) in [5, 5.41) is 11.3. The third kappa shape index (κ3) is 4.31. The van der Waals surface area contributed by atoms with Gasteiger partial charge in [-0.2, -0.15) is 0 Å². The molecule has 2 N–H and O–H groups in total. The Kier molecular flexibility index (Phi) is 5.58. The molecular weight excluding hydrogens is 262 g/mol. The zero-order valence-electron chi connectivity index (χ0n) is 11.6. The number of ether oxygens (including phenoxy) is 2. The number of rotatable bonds is 6. The zero-order chi connectivity index (χ0) is 15.1. The van der Waals surface area contributed by atoms with E-state index in [1.807, 2.05) is 6.92 Å². The summed E-state index contributed by atoms with van der Waals surface area (Å²) in [6.07, 6.45) is 1.35. The lowest BCUT2D eigenvalue weighted by Crippen LogP contribution is -2.24. The van der Waals surface area contributed by atoms with Crippen LogP contribution in [-0.4, -0.2) is 30.7 Å². The molecule has 6 nitrogen and oxygen atoms in total. The second-order valence-corrected chi connectivity index (χ2v) is 3.89. The smallest absolute Gasteiger partial charge is 0.352 e. The Morgan fingerprint density at radius 3 is 2.55 bits per heavy atom. The van der Waals surface area contributed by atoms with Gasteiger partial charge in [0.05, 0.1) is 13.7 Å². The number of benzene rings is 1. The number of aliphatic carboxylic acids is 1. The lowest BCUT2D eigenvalue weighted by atomic mass is 10.1. The van der Waals surface area contributed by atoms with Crippen LogP contribution in [0.4, 0.5) is 0 Å². The van der Waals surface area contributed by atoms with E-state index in [-0.39, 0.29) is 5.70 Å². The summed E-state index contributed by atoms with van der Waals surface area (Å²) in [5.74, 6) is -0.596. The van der Waals surface area contributed by atoms with Gasteiger partial charge >= 0.3 is 5.97 Å². The molecule has 0 fully saturated rings. The fourth-order valence-corrected chi connectivity index (χ4v) is 1.56. The number of carboxylic acid groups (broad SMARTS) is 1. The van der Waals surface area contributed by atoms with E-state index < -0.39 is 11.9 Å². The topological polar surface area (TPSA) is 84.9 Å². The average Bonchev–Trinajstić information content (AvgIpc) is 2.39. The molecule has 1 aromatic rings. The summed E-state index contributed by atoms with van der Waals surface area (Å²) in [5.41, 5.74) is 0.375. The van der Waals surface area contributed by atoms with Crippen molar-refractivity contribution in [2.45, 2.75) is 13.8 Å². The second-order valence-electron chi connectivity index (χ2n) is 3.89. The number of carboxylic acids is 1. The third-order valence-electron chi connectivity index (χ3n) is 2.34. The van der Waals surface area contributed by atoms with Gasteiger partial charge in [0.15, 0.2) is 11.5 Å². The van der Waals surface area contributed by atoms with Gasteiger partial charge in [0.25, 0.3) is 0 Å². The van der Waals surface area contributed by atoms with Crippen molar-refractivity contribution in [2.24, 2.45) is 0 Å². The van der Waals surface area contributed by atoms with Crippen molar-refractivity contribution in [1.82, 2.24) is 5.32 Å². The van der Waals surface area contributed by atoms with Crippen molar-refractivity contribution in [3.05, 3.63) is 29.5 Å². The van der Waals surface area contributed by atoms with Crippen LogP contribution in [0.25, 0.3) is 6.08 Å². The highest BCUT2D eigenvalue weighted by atomic mass is 16.5. The van der Waals surface area contributed by atoms with Gasteiger partial charge in [-0.3, -0.25) is 4.79 Å². The van der Waals surface area contributed by atoms with Crippen molar-refractivity contribution in [3.63, 3.8) is 0 Å². The van der Waals surface area contributed by atoms with Crippen LogP contribution in [-0.2, 0) is 9.59 Å². The van der Waals surface area contributed by atoms with Gasteiger partial charge in [0.1, 0.15) is 5.70 Å². The summed E-state index contributed by atoms with van der Waals surface area (Å²) in [6.45, 7) is 3.60. The minimum atomic E-state index is -1.21. The van der Waals surface area contributed by atoms with Crippen molar-refractivity contribution < 1.29 is 24.2 Å². The first kappa shape index (κ1) is 15.6. The number of carbonyl (C=O) groups excluding carboxylic acids is 1. The largest absolute Gasteiger partial charge is 0.493 e. The first-order valence-electron chi connectivity index (χ1n) is 6.01. The van der Waals surface area contributed by atoms with E-state index in [4.69, 9.17) is 14.6 Å². The van der Waals surface area contributed by atoms with Crippen molar-refractivity contribution in [3.8, 4) is 11.5 Å². The molecule has 0 saturated heterocycles. The summed E-state index contributed by atoms with van der Waals surface area (Å²) in [6, 6.07) is 5.00. The Hall–Kier alpha value is -2.50. The van der Waals surface area contributed by atoms with Crippen LogP contribution < -0.4 is 14.8 Å². The SMILES string of the molecule is CCOc1ccc(C=C(NC(C)=O)C(=O)O)cc1OC. The fourth-order valence-electron chi connectivity index (χ4n) is 1.56. The van der Waals surface area contributed by atoms with Crippen LogP contribution in [0.15, 0.2) is 23.9 Å². The molecule has 108 valence electrons. The molecule has 0 atom stereocenters. The molecule has 0 spiro atoms. The summed E-state index contributed by atoms with van der Waals surface area (Å²) in [7, 11) is 1.50. The lowest BCUT2D eigenvalue weighted by molar-refractivity contribution is -0.134. The van der Waals surface area contributed by atoms with E-state index in [0.29, 0.717) is 23.7 Å². The number of hydrogen-bond donors (Lipinski definition) is 2. The minimum absolute atomic E-state index is 0.205. The maximum atomic E-state index is 11.0. The number of amides is 1. The molecule has 0 saturated carbocycles. The third-order valence-corrected chi connectivity index (χ3v) is 2.34. The van der Waals surface area contributed by atoms with E-state index in [9.17, 15) is 9.59 Å². The molecule has 1 rings (SSSR count). The first-order chi connectivity index (χ1) is 9.47. The molecule has 0 radical (unpaired) electrons. The lowest BCUT2D eigenvalue weighted by Gasteiger charge is -2.10. The molecule has 0 aliphatic rings. The molecule has 0 bridgehead atoms. The molecule has 6 heteroatoms. The van der Waals surface area contributed by atoms with Gasteiger partial charge in [-0.25, -0.2) is 4.79 Å². The fraction of sp³-hybridized carbons (Fsp3) is 0.286. The normalized spacial score (nSPS) is 10.8. The molecule has 0 heterocycles. The van der Waals surface area contributed by atoms with Gasteiger partial charge in [-0.05, 0) is 30.7 Å². The van der Waals surface area contributed by atoms with E-state index >= 15 is 0 Å². The number of nitrogens with one attached hydrogen (secondary N) is 1. The molecule has 20 heavy (non-hydrogen) atoms. The highest BCUT2D eigenvalue weighted by molar-refractivity contribution is 5.96. The predicted molar refractivity (Wildman–Crippen MR) is 73.6 cm³/mol. The predicted octanol–water partition coefficient (Wildman–Crippen LogP) is 1.66. The molecule has 1 amide bonds. The van der Waals surface area contributed by atoms with E-state index in [2.05, 4.69) is 5.32 Å². The maximum absolute atomic E-state index is 11.0. The standard InChI is InChI=1S/C14H17NO5/c1-4-20-12-6-5-10(8-13(12)19-3)7-11(14(17)18)15-9(2)16/h5-8H,4H2,1-3H3,(H,15,16)(H,17,18). The molecule has 0 aliphatic carbocycles. The highest BCUT2D eigenvalue weighted by Gasteiger charge is 2.10. The molecule has 0 aromatic heterocycles. The summed E-state index contributed by atoms with van der Waals surface area (Å²) >= 11 is 0. The Morgan fingerprint density at radius 2 is 2.05 bits per heavy atom. The minimum Gasteiger partial charge on any atom is -0.493 e. The number of methoxy groups -OCH3 is 1. The van der Waals surface area contributed by atoms with Crippen molar-refractivity contribution >= 4 is 18.0 Å². The van der Waals surface area contributed by atoms with Crippen molar-refractivity contribution in [1.29, 1.82) is 0 Å². The quantitative estimate of drug-likeness (QED) is 0.773. The Labute approximate surface area is 117 Å².